The zero-order valence-corrected chi connectivity index (χ0v) is 17.1. The molecule has 0 saturated heterocycles. The van der Waals surface area contributed by atoms with Crippen molar-refractivity contribution in [2.75, 3.05) is 20.3 Å². The zero-order valence-electron chi connectivity index (χ0n) is 16.3. The lowest BCUT2D eigenvalue weighted by molar-refractivity contribution is 0.0957. The van der Waals surface area contributed by atoms with Crippen LogP contribution < -0.4 is 14.8 Å². The number of carbonyl (C=O) groups is 1. The van der Waals surface area contributed by atoms with Crippen molar-refractivity contribution in [3.05, 3.63) is 64.7 Å². The van der Waals surface area contributed by atoms with Crippen molar-refractivity contribution in [3.8, 4) is 22.1 Å². The molecular weight excluding hydrogens is 372 g/mol. The highest BCUT2D eigenvalue weighted by molar-refractivity contribution is 7.17. The molecule has 0 aliphatic heterocycles. The third-order valence-corrected chi connectivity index (χ3v) is 5.49. The van der Waals surface area contributed by atoms with Crippen molar-refractivity contribution < 1.29 is 14.3 Å². The standard InChI is InChI=1S/C22H24N2O3S/c1-4-27-18-11-9-17(10-12-18)22-24-15(2)20(28-22)21(25)23-14-13-16-7-5-6-8-19(16)26-3/h5-12H,4,13-14H2,1-3H3,(H,23,25). The molecule has 5 nitrogen and oxygen atoms in total. The molecule has 1 N–H and O–H groups in total. The Morgan fingerprint density at radius 3 is 2.61 bits per heavy atom. The molecule has 0 aliphatic rings. The van der Waals surface area contributed by atoms with Crippen molar-refractivity contribution in [2.24, 2.45) is 0 Å². The summed E-state index contributed by atoms with van der Waals surface area (Å²) in [5.41, 5.74) is 2.79. The minimum absolute atomic E-state index is 0.0953. The lowest BCUT2D eigenvalue weighted by Crippen LogP contribution is -2.25. The summed E-state index contributed by atoms with van der Waals surface area (Å²) in [6.07, 6.45) is 0.708. The number of ether oxygens (including phenoxy) is 2. The van der Waals surface area contributed by atoms with Crippen molar-refractivity contribution in [2.45, 2.75) is 20.3 Å². The third kappa shape index (κ3) is 4.70. The molecule has 0 saturated carbocycles. The first kappa shape index (κ1) is 19.9. The number of amides is 1. The van der Waals surface area contributed by atoms with Gasteiger partial charge < -0.3 is 14.8 Å². The third-order valence-electron chi connectivity index (χ3n) is 4.29. The van der Waals surface area contributed by atoms with Crippen LogP contribution in [0.1, 0.15) is 27.9 Å². The fraction of sp³-hybridized carbons (Fsp3) is 0.273. The lowest BCUT2D eigenvalue weighted by Gasteiger charge is -2.08. The average Bonchev–Trinajstić information content (AvgIpc) is 3.11. The summed E-state index contributed by atoms with van der Waals surface area (Å²) in [5, 5.41) is 3.82. The van der Waals surface area contributed by atoms with Crippen molar-refractivity contribution >= 4 is 17.2 Å². The van der Waals surface area contributed by atoms with Gasteiger partial charge in [0.15, 0.2) is 0 Å². The van der Waals surface area contributed by atoms with E-state index in [1.54, 1.807) is 7.11 Å². The number of carbonyl (C=O) groups excluding carboxylic acids is 1. The van der Waals surface area contributed by atoms with Crippen LogP contribution >= 0.6 is 11.3 Å². The smallest absolute Gasteiger partial charge is 0.263 e. The van der Waals surface area contributed by atoms with Gasteiger partial charge in [0.1, 0.15) is 21.4 Å². The van der Waals surface area contributed by atoms with Crippen LogP contribution in [0.25, 0.3) is 10.6 Å². The van der Waals surface area contributed by atoms with Crippen LogP contribution in [0.5, 0.6) is 11.5 Å². The number of hydrogen-bond donors (Lipinski definition) is 1. The Kier molecular flexibility index (Phi) is 6.66. The number of para-hydroxylation sites is 1. The molecule has 1 amide bonds. The topological polar surface area (TPSA) is 60.5 Å². The molecule has 3 rings (SSSR count). The first-order chi connectivity index (χ1) is 13.6. The highest BCUT2D eigenvalue weighted by Crippen LogP contribution is 2.29. The van der Waals surface area contributed by atoms with E-state index in [9.17, 15) is 4.79 Å². The Balaban J connectivity index is 1.64. The van der Waals surface area contributed by atoms with E-state index in [4.69, 9.17) is 9.47 Å². The molecule has 6 heteroatoms. The molecule has 0 aliphatic carbocycles. The largest absolute Gasteiger partial charge is 0.496 e. The second kappa shape index (κ2) is 9.37. The van der Waals surface area contributed by atoms with Crippen molar-refractivity contribution in [1.82, 2.24) is 10.3 Å². The zero-order chi connectivity index (χ0) is 19.9. The number of nitrogens with one attached hydrogen (secondary N) is 1. The van der Waals surface area contributed by atoms with Crippen LogP contribution in [0.4, 0.5) is 0 Å². The van der Waals surface area contributed by atoms with E-state index in [0.29, 0.717) is 24.4 Å². The van der Waals surface area contributed by atoms with Crippen LogP contribution in [-0.2, 0) is 6.42 Å². The molecule has 3 aromatic rings. The minimum atomic E-state index is -0.0953. The van der Waals surface area contributed by atoms with Crippen LogP contribution in [0.2, 0.25) is 0 Å². The molecule has 1 aromatic heterocycles. The molecule has 2 aromatic carbocycles. The van der Waals surface area contributed by atoms with Crippen LogP contribution in [0, 0.1) is 6.92 Å². The number of benzene rings is 2. The average molecular weight is 397 g/mol. The first-order valence-electron chi connectivity index (χ1n) is 9.23. The summed E-state index contributed by atoms with van der Waals surface area (Å²) in [6.45, 7) is 4.99. The number of methoxy groups -OCH3 is 1. The number of rotatable bonds is 8. The SMILES string of the molecule is CCOc1ccc(-c2nc(C)c(C(=O)NCCc3ccccc3OC)s2)cc1. The molecule has 0 unspecified atom stereocenters. The van der Waals surface area contributed by atoms with Gasteiger partial charge >= 0.3 is 0 Å². The molecule has 0 atom stereocenters. The second-order valence-electron chi connectivity index (χ2n) is 6.21. The monoisotopic (exact) mass is 396 g/mol. The Bertz CT molecular complexity index is 935. The van der Waals surface area contributed by atoms with E-state index < -0.39 is 0 Å². The van der Waals surface area contributed by atoms with E-state index in [-0.39, 0.29) is 5.91 Å². The summed E-state index contributed by atoms with van der Waals surface area (Å²) in [6, 6.07) is 15.6. The van der Waals surface area contributed by atoms with E-state index in [1.165, 1.54) is 11.3 Å². The highest BCUT2D eigenvalue weighted by Gasteiger charge is 2.16. The number of hydrogen-bond acceptors (Lipinski definition) is 5. The molecule has 0 spiro atoms. The van der Waals surface area contributed by atoms with Gasteiger partial charge in [0.05, 0.1) is 19.4 Å². The predicted octanol–water partition coefficient (Wildman–Crippen LogP) is 4.50. The van der Waals surface area contributed by atoms with Gasteiger partial charge in [-0.15, -0.1) is 11.3 Å². The molecule has 28 heavy (non-hydrogen) atoms. The van der Waals surface area contributed by atoms with Gasteiger partial charge in [0, 0.05) is 12.1 Å². The fourth-order valence-corrected chi connectivity index (χ4v) is 3.88. The Labute approximate surface area is 169 Å². The second-order valence-corrected chi connectivity index (χ2v) is 7.21. The Morgan fingerprint density at radius 2 is 1.89 bits per heavy atom. The fourth-order valence-electron chi connectivity index (χ4n) is 2.89. The molecule has 0 radical (unpaired) electrons. The van der Waals surface area contributed by atoms with E-state index >= 15 is 0 Å². The predicted molar refractivity (Wildman–Crippen MR) is 112 cm³/mol. The van der Waals surface area contributed by atoms with Gasteiger partial charge in [0.25, 0.3) is 5.91 Å². The summed E-state index contributed by atoms with van der Waals surface area (Å²) in [4.78, 5) is 17.8. The Morgan fingerprint density at radius 1 is 1.14 bits per heavy atom. The molecular formula is C22H24N2O3S. The maximum atomic E-state index is 12.6. The van der Waals surface area contributed by atoms with Crippen molar-refractivity contribution in [1.29, 1.82) is 0 Å². The minimum Gasteiger partial charge on any atom is -0.496 e. The number of thiazole rings is 1. The van der Waals surface area contributed by atoms with Gasteiger partial charge in [0.2, 0.25) is 0 Å². The highest BCUT2D eigenvalue weighted by atomic mass is 32.1. The quantitative estimate of drug-likeness (QED) is 0.609. The maximum absolute atomic E-state index is 12.6. The summed E-state index contributed by atoms with van der Waals surface area (Å²) in [7, 11) is 1.65. The number of aromatic nitrogens is 1. The van der Waals surface area contributed by atoms with Gasteiger partial charge in [-0.2, -0.15) is 0 Å². The Hall–Kier alpha value is -2.86. The van der Waals surface area contributed by atoms with E-state index in [1.807, 2.05) is 62.4 Å². The summed E-state index contributed by atoms with van der Waals surface area (Å²) >= 11 is 1.41. The van der Waals surface area contributed by atoms with Crippen LogP contribution in [-0.4, -0.2) is 31.2 Å². The van der Waals surface area contributed by atoms with Gasteiger partial charge in [-0.25, -0.2) is 4.98 Å². The summed E-state index contributed by atoms with van der Waals surface area (Å²) in [5.74, 6) is 1.57. The van der Waals surface area contributed by atoms with Crippen LogP contribution in [0.3, 0.4) is 0 Å². The van der Waals surface area contributed by atoms with Crippen molar-refractivity contribution in [3.63, 3.8) is 0 Å². The van der Waals surface area contributed by atoms with Gasteiger partial charge in [-0.3, -0.25) is 4.79 Å². The summed E-state index contributed by atoms with van der Waals surface area (Å²) < 4.78 is 10.8. The molecule has 146 valence electrons. The normalized spacial score (nSPS) is 10.5. The molecule has 0 bridgehead atoms. The first-order valence-corrected chi connectivity index (χ1v) is 10.0. The van der Waals surface area contributed by atoms with Gasteiger partial charge in [-0.1, -0.05) is 18.2 Å². The molecule has 0 fully saturated rings. The van der Waals surface area contributed by atoms with Crippen LogP contribution in [0.15, 0.2) is 48.5 Å². The number of aryl methyl sites for hydroxylation is 1. The lowest BCUT2D eigenvalue weighted by atomic mass is 10.1. The van der Waals surface area contributed by atoms with E-state index in [0.717, 1.165) is 33.3 Å². The maximum Gasteiger partial charge on any atom is 0.263 e. The number of nitrogens with zero attached hydrogens (tertiary/aromatic N) is 1. The van der Waals surface area contributed by atoms with Gasteiger partial charge in [-0.05, 0) is 56.2 Å². The molecule has 1 heterocycles. The van der Waals surface area contributed by atoms with E-state index in [2.05, 4.69) is 10.3 Å².